The number of amides is 2. The van der Waals surface area contributed by atoms with Gasteiger partial charge < -0.3 is 9.30 Å². The van der Waals surface area contributed by atoms with Gasteiger partial charge in [0.1, 0.15) is 11.6 Å². The van der Waals surface area contributed by atoms with E-state index >= 15 is 0 Å². The first-order chi connectivity index (χ1) is 12.5. The van der Waals surface area contributed by atoms with E-state index in [2.05, 4.69) is 21.0 Å². The number of benzene rings is 1. The van der Waals surface area contributed by atoms with Gasteiger partial charge in [0.05, 0.1) is 5.75 Å². The predicted octanol–water partition coefficient (Wildman–Crippen LogP) is 1.66. The van der Waals surface area contributed by atoms with Gasteiger partial charge in [-0.3, -0.25) is 20.4 Å². The summed E-state index contributed by atoms with van der Waals surface area (Å²) in [5.41, 5.74) is 4.64. The lowest BCUT2D eigenvalue weighted by Crippen LogP contribution is -2.44. The molecule has 1 aromatic carbocycles. The summed E-state index contributed by atoms with van der Waals surface area (Å²) in [7, 11) is 1.89. The molecular formula is C16H18ClN5O3S. The van der Waals surface area contributed by atoms with E-state index < -0.39 is 5.91 Å². The monoisotopic (exact) mass is 395 g/mol. The van der Waals surface area contributed by atoms with E-state index in [-0.39, 0.29) is 18.3 Å². The third-order valence-corrected chi connectivity index (χ3v) is 4.94. The molecule has 3 rings (SSSR count). The van der Waals surface area contributed by atoms with Crippen LogP contribution in [0.3, 0.4) is 0 Å². The molecule has 0 saturated heterocycles. The van der Waals surface area contributed by atoms with Crippen molar-refractivity contribution in [3.05, 3.63) is 35.1 Å². The van der Waals surface area contributed by atoms with Crippen molar-refractivity contribution in [2.24, 2.45) is 7.05 Å². The summed E-state index contributed by atoms with van der Waals surface area (Å²) >= 11 is 7.03. The summed E-state index contributed by atoms with van der Waals surface area (Å²) < 4.78 is 7.19. The van der Waals surface area contributed by atoms with Crippen molar-refractivity contribution in [3.8, 4) is 5.75 Å². The van der Waals surface area contributed by atoms with E-state index in [4.69, 9.17) is 16.3 Å². The van der Waals surface area contributed by atoms with E-state index in [0.717, 1.165) is 18.7 Å². The second kappa shape index (κ2) is 8.41. The molecule has 138 valence electrons. The molecule has 0 unspecified atom stereocenters. The molecular weight excluding hydrogens is 378 g/mol. The van der Waals surface area contributed by atoms with Crippen LogP contribution >= 0.6 is 23.4 Å². The van der Waals surface area contributed by atoms with Gasteiger partial charge >= 0.3 is 0 Å². The maximum Gasteiger partial charge on any atom is 0.276 e. The molecule has 2 aromatic rings. The fourth-order valence-corrected chi connectivity index (χ4v) is 3.01. The summed E-state index contributed by atoms with van der Waals surface area (Å²) in [4.78, 5) is 23.5. The van der Waals surface area contributed by atoms with E-state index in [9.17, 15) is 9.59 Å². The number of ether oxygens (including phenoxy) is 1. The largest absolute Gasteiger partial charge is 0.484 e. The van der Waals surface area contributed by atoms with Gasteiger partial charge in [-0.25, -0.2) is 0 Å². The molecule has 1 heterocycles. The minimum absolute atomic E-state index is 0.120. The highest BCUT2D eigenvalue weighted by Crippen LogP contribution is 2.39. The second-order valence-corrected chi connectivity index (χ2v) is 7.18. The Bertz CT molecular complexity index is 792. The number of halogens is 1. The van der Waals surface area contributed by atoms with Gasteiger partial charge in [0.2, 0.25) is 5.91 Å². The number of hydrazine groups is 1. The first kappa shape index (κ1) is 18.5. The van der Waals surface area contributed by atoms with E-state index in [0.29, 0.717) is 21.8 Å². The predicted molar refractivity (Wildman–Crippen MR) is 96.9 cm³/mol. The molecule has 1 saturated carbocycles. The number of thioether (sulfide) groups is 1. The molecule has 2 N–H and O–H groups in total. The summed E-state index contributed by atoms with van der Waals surface area (Å²) in [6, 6.07) is 6.63. The molecule has 1 aliphatic rings. The Morgan fingerprint density at radius 1 is 1.23 bits per heavy atom. The van der Waals surface area contributed by atoms with Crippen molar-refractivity contribution in [1.82, 2.24) is 25.6 Å². The Balaban J connectivity index is 1.35. The molecule has 0 bridgehead atoms. The van der Waals surface area contributed by atoms with Crippen molar-refractivity contribution in [2.75, 3.05) is 12.4 Å². The number of nitrogens with zero attached hydrogens (tertiary/aromatic N) is 3. The number of hydrogen-bond donors (Lipinski definition) is 2. The number of carbonyl (C=O) groups is 2. The van der Waals surface area contributed by atoms with Crippen LogP contribution in [0.5, 0.6) is 5.75 Å². The molecule has 0 radical (unpaired) electrons. The van der Waals surface area contributed by atoms with Crippen LogP contribution in [-0.4, -0.2) is 38.9 Å². The zero-order chi connectivity index (χ0) is 18.5. The van der Waals surface area contributed by atoms with Gasteiger partial charge in [-0.1, -0.05) is 23.4 Å². The Morgan fingerprint density at radius 2 is 1.92 bits per heavy atom. The van der Waals surface area contributed by atoms with Gasteiger partial charge in [-0.05, 0) is 37.1 Å². The van der Waals surface area contributed by atoms with Crippen LogP contribution in [0.4, 0.5) is 0 Å². The van der Waals surface area contributed by atoms with Crippen LogP contribution in [0.25, 0.3) is 0 Å². The normalized spacial score (nSPS) is 13.3. The Hall–Kier alpha value is -2.26. The molecule has 1 fully saturated rings. The highest BCUT2D eigenvalue weighted by Gasteiger charge is 2.29. The SMILES string of the molecule is Cn1c(SCC(=O)NNC(=O)COc2ccc(Cl)cc2)nnc1C1CC1. The number of rotatable bonds is 7. The standard InChI is InChI=1S/C16H18ClN5O3S/c1-22-15(10-2-3-10)20-21-16(22)26-9-14(24)19-18-13(23)8-25-12-6-4-11(17)5-7-12/h4-7,10H,2-3,8-9H2,1H3,(H,18,23)(H,19,24). The van der Waals surface area contributed by atoms with Crippen LogP contribution in [0.15, 0.2) is 29.4 Å². The quantitative estimate of drug-likeness (QED) is 0.546. The first-order valence-electron chi connectivity index (χ1n) is 8.01. The van der Waals surface area contributed by atoms with Crippen molar-refractivity contribution in [1.29, 1.82) is 0 Å². The van der Waals surface area contributed by atoms with Crippen molar-refractivity contribution in [2.45, 2.75) is 23.9 Å². The van der Waals surface area contributed by atoms with Crippen molar-refractivity contribution < 1.29 is 14.3 Å². The number of aromatic nitrogens is 3. The van der Waals surface area contributed by atoms with Gasteiger partial charge in [0.15, 0.2) is 11.8 Å². The number of carbonyl (C=O) groups excluding carboxylic acids is 2. The lowest BCUT2D eigenvalue weighted by atomic mass is 10.3. The van der Waals surface area contributed by atoms with Gasteiger partial charge in [-0.15, -0.1) is 10.2 Å². The maximum absolute atomic E-state index is 11.8. The lowest BCUT2D eigenvalue weighted by Gasteiger charge is -2.08. The molecule has 0 spiro atoms. The fraction of sp³-hybridized carbons (Fsp3) is 0.375. The first-order valence-corrected chi connectivity index (χ1v) is 9.37. The zero-order valence-corrected chi connectivity index (χ0v) is 15.6. The molecule has 1 aliphatic carbocycles. The van der Waals surface area contributed by atoms with Gasteiger partial charge in [0.25, 0.3) is 5.91 Å². The topological polar surface area (TPSA) is 98.1 Å². The molecule has 26 heavy (non-hydrogen) atoms. The van der Waals surface area contributed by atoms with Crippen molar-refractivity contribution >= 4 is 35.2 Å². The Morgan fingerprint density at radius 3 is 2.62 bits per heavy atom. The van der Waals surface area contributed by atoms with Crippen LogP contribution in [0.1, 0.15) is 24.6 Å². The lowest BCUT2D eigenvalue weighted by molar-refractivity contribution is -0.128. The second-order valence-electron chi connectivity index (χ2n) is 5.80. The minimum atomic E-state index is -0.465. The number of nitrogens with one attached hydrogen (secondary N) is 2. The molecule has 8 nitrogen and oxygen atoms in total. The van der Waals surface area contributed by atoms with E-state index in [1.54, 1.807) is 24.3 Å². The maximum atomic E-state index is 11.8. The molecule has 0 aliphatic heterocycles. The van der Waals surface area contributed by atoms with Crippen LogP contribution < -0.4 is 15.6 Å². The molecule has 1 aromatic heterocycles. The van der Waals surface area contributed by atoms with E-state index in [1.165, 1.54) is 11.8 Å². The molecule has 0 atom stereocenters. The third-order valence-electron chi connectivity index (χ3n) is 3.67. The zero-order valence-electron chi connectivity index (χ0n) is 14.1. The van der Waals surface area contributed by atoms with Crippen LogP contribution in [0.2, 0.25) is 5.02 Å². The summed E-state index contributed by atoms with van der Waals surface area (Å²) in [6.07, 6.45) is 2.28. The van der Waals surface area contributed by atoms with E-state index in [1.807, 2.05) is 11.6 Å². The number of hydrogen-bond acceptors (Lipinski definition) is 6. The summed E-state index contributed by atoms with van der Waals surface area (Å²) in [5.74, 6) is 1.28. The molecule has 2 amide bonds. The average molecular weight is 396 g/mol. The average Bonchev–Trinajstić information content (AvgIpc) is 3.41. The van der Waals surface area contributed by atoms with Crippen molar-refractivity contribution in [3.63, 3.8) is 0 Å². The Labute approximate surface area is 159 Å². The Kier molecular flexibility index (Phi) is 6.00. The summed E-state index contributed by atoms with van der Waals surface area (Å²) in [5, 5.41) is 9.51. The minimum Gasteiger partial charge on any atom is -0.484 e. The highest BCUT2D eigenvalue weighted by atomic mass is 35.5. The van der Waals surface area contributed by atoms with Crippen LogP contribution in [0, 0.1) is 0 Å². The van der Waals surface area contributed by atoms with Gasteiger partial charge in [-0.2, -0.15) is 0 Å². The third kappa shape index (κ3) is 5.12. The fourth-order valence-electron chi connectivity index (χ4n) is 2.17. The highest BCUT2D eigenvalue weighted by molar-refractivity contribution is 7.99. The molecule has 10 heteroatoms. The van der Waals surface area contributed by atoms with Crippen LogP contribution in [-0.2, 0) is 16.6 Å². The summed E-state index contributed by atoms with van der Waals surface area (Å²) in [6.45, 7) is -0.219. The smallest absolute Gasteiger partial charge is 0.276 e. The van der Waals surface area contributed by atoms with Gasteiger partial charge in [0, 0.05) is 18.0 Å².